The molecule has 2 bridgehead atoms. The van der Waals surface area contributed by atoms with Crippen LogP contribution in [0.3, 0.4) is 0 Å². The Morgan fingerprint density at radius 3 is 2.84 bits per heavy atom. The standard InChI is InChI=1S/C18H22N4OS.HI/c1-19-18(22-14-9-13-7-8-16(14)23-13)20-10-17-21-15(11-24-17)12-5-3-2-4-6-12;/h2-6,11,13-14,16H,7-10H2,1H3,(H2,19,20,22);1H. The van der Waals surface area contributed by atoms with Crippen LogP contribution in [0, 0.1) is 0 Å². The van der Waals surface area contributed by atoms with E-state index in [9.17, 15) is 0 Å². The molecular formula is C18H23IN4OS. The van der Waals surface area contributed by atoms with Gasteiger partial charge in [-0.25, -0.2) is 4.98 Å². The van der Waals surface area contributed by atoms with E-state index in [1.165, 1.54) is 6.42 Å². The van der Waals surface area contributed by atoms with Crippen molar-refractivity contribution in [3.63, 3.8) is 0 Å². The fourth-order valence-electron chi connectivity index (χ4n) is 3.45. The summed E-state index contributed by atoms with van der Waals surface area (Å²) in [6.45, 7) is 0.679. The molecule has 7 heteroatoms. The zero-order valence-electron chi connectivity index (χ0n) is 14.1. The number of nitrogens with one attached hydrogen (secondary N) is 2. The van der Waals surface area contributed by atoms with Crippen LogP contribution < -0.4 is 10.6 Å². The van der Waals surface area contributed by atoms with Gasteiger partial charge in [0.1, 0.15) is 5.01 Å². The number of aliphatic imine (C=N–C) groups is 1. The van der Waals surface area contributed by atoms with E-state index < -0.39 is 0 Å². The van der Waals surface area contributed by atoms with Gasteiger partial charge < -0.3 is 15.4 Å². The molecule has 5 nitrogen and oxygen atoms in total. The molecule has 2 aliphatic rings. The Hall–Kier alpha value is -1.19. The lowest BCUT2D eigenvalue weighted by Gasteiger charge is -2.22. The Morgan fingerprint density at radius 1 is 1.32 bits per heavy atom. The van der Waals surface area contributed by atoms with Crippen molar-refractivity contribution in [2.45, 2.75) is 44.1 Å². The maximum Gasteiger partial charge on any atom is 0.191 e. The lowest BCUT2D eigenvalue weighted by atomic mass is 9.96. The number of guanidine groups is 1. The third-order valence-electron chi connectivity index (χ3n) is 4.68. The van der Waals surface area contributed by atoms with E-state index in [4.69, 9.17) is 9.72 Å². The minimum Gasteiger partial charge on any atom is -0.373 e. The fourth-order valence-corrected chi connectivity index (χ4v) is 4.20. The van der Waals surface area contributed by atoms with E-state index in [2.05, 4.69) is 33.1 Å². The molecule has 2 N–H and O–H groups in total. The predicted octanol–water partition coefficient (Wildman–Crippen LogP) is 3.41. The summed E-state index contributed by atoms with van der Waals surface area (Å²) in [6.07, 6.45) is 4.24. The summed E-state index contributed by atoms with van der Waals surface area (Å²) in [5.74, 6) is 0.826. The Bertz CT molecular complexity index is 721. The maximum atomic E-state index is 5.89. The number of nitrogens with zero attached hydrogens (tertiary/aromatic N) is 2. The van der Waals surface area contributed by atoms with Crippen LogP contribution in [0.2, 0.25) is 0 Å². The van der Waals surface area contributed by atoms with Crippen molar-refractivity contribution < 1.29 is 4.74 Å². The number of aromatic nitrogens is 1. The van der Waals surface area contributed by atoms with Crippen LogP contribution in [-0.4, -0.2) is 36.2 Å². The minimum atomic E-state index is 0. The summed E-state index contributed by atoms with van der Waals surface area (Å²) in [7, 11) is 1.81. The number of halogens is 1. The van der Waals surface area contributed by atoms with Crippen molar-refractivity contribution in [2.24, 2.45) is 4.99 Å². The van der Waals surface area contributed by atoms with Gasteiger partial charge in [-0.1, -0.05) is 30.3 Å². The quantitative estimate of drug-likeness (QED) is 0.409. The first-order valence-electron chi connectivity index (χ1n) is 8.44. The largest absolute Gasteiger partial charge is 0.373 e. The summed E-state index contributed by atoms with van der Waals surface area (Å²) < 4.78 is 5.89. The van der Waals surface area contributed by atoms with Crippen LogP contribution in [0.5, 0.6) is 0 Å². The first-order valence-corrected chi connectivity index (χ1v) is 9.32. The zero-order valence-corrected chi connectivity index (χ0v) is 17.3. The summed E-state index contributed by atoms with van der Waals surface area (Å²) in [5, 5.41) is 10.0. The molecule has 2 aromatic rings. The predicted molar refractivity (Wildman–Crippen MR) is 113 cm³/mol. The highest BCUT2D eigenvalue weighted by Crippen LogP contribution is 2.34. The molecule has 0 amide bonds. The van der Waals surface area contributed by atoms with Crippen molar-refractivity contribution in [3.05, 3.63) is 40.7 Å². The van der Waals surface area contributed by atoms with Gasteiger partial charge >= 0.3 is 0 Å². The van der Waals surface area contributed by atoms with Crippen LogP contribution in [0.25, 0.3) is 11.3 Å². The van der Waals surface area contributed by atoms with E-state index >= 15 is 0 Å². The highest BCUT2D eigenvalue weighted by atomic mass is 127. The normalized spacial score (nSPS) is 24.8. The average molecular weight is 470 g/mol. The highest BCUT2D eigenvalue weighted by molar-refractivity contribution is 14.0. The van der Waals surface area contributed by atoms with Gasteiger partial charge in [-0.2, -0.15) is 0 Å². The van der Waals surface area contributed by atoms with Crippen molar-refractivity contribution in [2.75, 3.05) is 7.05 Å². The molecule has 0 saturated carbocycles. The van der Waals surface area contributed by atoms with Gasteiger partial charge in [0.2, 0.25) is 0 Å². The van der Waals surface area contributed by atoms with Crippen molar-refractivity contribution >= 4 is 41.3 Å². The zero-order chi connectivity index (χ0) is 16.4. The molecule has 0 spiro atoms. The molecular weight excluding hydrogens is 447 g/mol. The second-order valence-electron chi connectivity index (χ2n) is 6.28. The number of benzene rings is 1. The first kappa shape index (κ1) is 18.6. The summed E-state index contributed by atoms with van der Waals surface area (Å²) in [5.41, 5.74) is 2.18. The van der Waals surface area contributed by atoms with E-state index in [0.29, 0.717) is 24.8 Å². The molecule has 0 radical (unpaired) electrons. The minimum absolute atomic E-state index is 0. The molecule has 3 atom stereocenters. The number of ether oxygens (including phenoxy) is 1. The number of hydrogen-bond donors (Lipinski definition) is 2. The lowest BCUT2D eigenvalue weighted by molar-refractivity contribution is 0.0992. The van der Waals surface area contributed by atoms with Gasteiger partial charge in [-0.15, -0.1) is 35.3 Å². The average Bonchev–Trinajstić information content (AvgIpc) is 3.36. The van der Waals surface area contributed by atoms with Gasteiger partial charge in [0.25, 0.3) is 0 Å². The molecule has 3 unspecified atom stereocenters. The Balaban J connectivity index is 0.00000182. The molecule has 3 heterocycles. The number of thiazole rings is 1. The summed E-state index contributed by atoms with van der Waals surface area (Å²) in [4.78, 5) is 9.04. The van der Waals surface area contributed by atoms with Crippen LogP contribution in [0.15, 0.2) is 40.7 Å². The molecule has 2 aliphatic heterocycles. The fraction of sp³-hybridized carbons (Fsp3) is 0.444. The van der Waals surface area contributed by atoms with Gasteiger partial charge in [-0.3, -0.25) is 4.99 Å². The molecule has 4 rings (SSSR count). The molecule has 2 fully saturated rings. The topological polar surface area (TPSA) is 58.5 Å². The smallest absolute Gasteiger partial charge is 0.191 e. The SMILES string of the molecule is CN=C(NCc1nc(-c2ccccc2)cs1)NC1CC2CCC1O2.I. The van der Waals surface area contributed by atoms with E-state index in [1.807, 2.05) is 18.2 Å². The monoisotopic (exact) mass is 470 g/mol. The second-order valence-corrected chi connectivity index (χ2v) is 7.22. The maximum absolute atomic E-state index is 5.89. The van der Waals surface area contributed by atoms with Gasteiger partial charge in [-0.05, 0) is 19.3 Å². The third kappa shape index (κ3) is 4.32. The number of rotatable bonds is 4. The summed E-state index contributed by atoms with van der Waals surface area (Å²) in [6, 6.07) is 10.6. The Kier molecular flexibility index (Phi) is 6.29. The van der Waals surface area contributed by atoms with Crippen LogP contribution in [-0.2, 0) is 11.3 Å². The third-order valence-corrected chi connectivity index (χ3v) is 5.53. The molecule has 1 aromatic carbocycles. The van der Waals surface area contributed by atoms with Crippen LogP contribution in [0.4, 0.5) is 0 Å². The molecule has 134 valence electrons. The van der Waals surface area contributed by atoms with E-state index in [-0.39, 0.29) is 24.0 Å². The van der Waals surface area contributed by atoms with Crippen molar-refractivity contribution in [1.29, 1.82) is 0 Å². The second kappa shape index (κ2) is 8.46. The van der Waals surface area contributed by atoms with Crippen LogP contribution >= 0.6 is 35.3 Å². The summed E-state index contributed by atoms with van der Waals surface area (Å²) >= 11 is 1.67. The molecule has 25 heavy (non-hydrogen) atoms. The van der Waals surface area contributed by atoms with Gasteiger partial charge in [0.15, 0.2) is 5.96 Å². The Morgan fingerprint density at radius 2 is 2.16 bits per heavy atom. The molecule has 0 aliphatic carbocycles. The number of fused-ring (bicyclic) bond motifs is 2. The lowest BCUT2D eigenvalue weighted by Crippen LogP contribution is -2.47. The highest BCUT2D eigenvalue weighted by Gasteiger charge is 2.41. The molecule has 2 saturated heterocycles. The first-order chi connectivity index (χ1) is 11.8. The Labute approximate surface area is 169 Å². The van der Waals surface area contributed by atoms with E-state index in [1.54, 1.807) is 18.4 Å². The molecule has 1 aromatic heterocycles. The van der Waals surface area contributed by atoms with Crippen molar-refractivity contribution in [1.82, 2.24) is 15.6 Å². The van der Waals surface area contributed by atoms with Gasteiger partial charge in [0.05, 0.1) is 30.5 Å². The van der Waals surface area contributed by atoms with Gasteiger partial charge in [0, 0.05) is 18.0 Å². The number of hydrogen-bond acceptors (Lipinski definition) is 4. The van der Waals surface area contributed by atoms with Crippen molar-refractivity contribution in [3.8, 4) is 11.3 Å². The van der Waals surface area contributed by atoms with E-state index in [0.717, 1.165) is 35.1 Å². The van der Waals surface area contributed by atoms with Crippen LogP contribution in [0.1, 0.15) is 24.3 Å².